The van der Waals surface area contributed by atoms with E-state index < -0.39 is 23.4 Å². The number of amides is 1. The number of nitrogens with zero attached hydrogens (tertiary/aromatic N) is 1. The van der Waals surface area contributed by atoms with Gasteiger partial charge in [0.25, 0.3) is 11.6 Å². The number of carbonyl (C=O) groups is 2. The van der Waals surface area contributed by atoms with E-state index in [1.165, 1.54) is 43.5 Å². The number of phenolic OH excluding ortho intramolecular Hbond substituents is 1. The second-order valence-electron chi connectivity index (χ2n) is 5.68. The number of rotatable bonds is 7. The maximum atomic E-state index is 11.9. The van der Waals surface area contributed by atoms with Crippen LogP contribution in [0.2, 0.25) is 0 Å². The standard InChI is InChI=1S/C19H18N2O7/c1-12-9-14(21(25)26)5-6-15(12)20-18(23)11-28-19(24)8-4-13-3-7-16(22)17(10-13)27-2/h3-10,22H,11H2,1-2H3,(H,20,23). The van der Waals surface area contributed by atoms with Gasteiger partial charge in [0, 0.05) is 23.9 Å². The number of nitro groups is 1. The third kappa shape index (κ3) is 5.56. The van der Waals surface area contributed by atoms with E-state index in [0.717, 1.165) is 6.08 Å². The molecule has 0 aliphatic rings. The molecule has 9 nitrogen and oxygen atoms in total. The molecule has 0 radical (unpaired) electrons. The molecule has 0 bridgehead atoms. The summed E-state index contributed by atoms with van der Waals surface area (Å²) in [7, 11) is 1.40. The summed E-state index contributed by atoms with van der Waals surface area (Å²) in [5.74, 6) is -1.08. The lowest BCUT2D eigenvalue weighted by molar-refractivity contribution is -0.384. The number of benzene rings is 2. The first-order valence-corrected chi connectivity index (χ1v) is 8.07. The molecule has 0 aliphatic heterocycles. The van der Waals surface area contributed by atoms with E-state index in [1.807, 2.05) is 0 Å². The number of ether oxygens (including phenoxy) is 2. The summed E-state index contributed by atoms with van der Waals surface area (Å²) in [6.45, 7) is 1.10. The Morgan fingerprint density at radius 2 is 2.00 bits per heavy atom. The second kappa shape index (κ2) is 9.17. The first kappa shape index (κ1) is 20.4. The number of aryl methyl sites for hydroxylation is 1. The number of hydrogen-bond acceptors (Lipinski definition) is 7. The van der Waals surface area contributed by atoms with Gasteiger partial charge < -0.3 is 19.9 Å². The number of methoxy groups -OCH3 is 1. The van der Waals surface area contributed by atoms with Crippen molar-refractivity contribution < 1.29 is 29.1 Å². The van der Waals surface area contributed by atoms with Gasteiger partial charge in [0.15, 0.2) is 18.1 Å². The number of carbonyl (C=O) groups excluding carboxylic acids is 2. The Morgan fingerprint density at radius 3 is 2.64 bits per heavy atom. The number of non-ortho nitro benzene ring substituents is 1. The largest absolute Gasteiger partial charge is 0.504 e. The summed E-state index contributed by atoms with van der Waals surface area (Å²) in [6.07, 6.45) is 2.58. The van der Waals surface area contributed by atoms with Gasteiger partial charge in [-0.1, -0.05) is 6.07 Å². The van der Waals surface area contributed by atoms with Crippen LogP contribution < -0.4 is 10.1 Å². The van der Waals surface area contributed by atoms with Crippen LogP contribution in [0, 0.1) is 17.0 Å². The van der Waals surface area contributed by atoms with Crippen molar-refractivity contribution in [3.05, 3.63) is 63.7 Å². The molecule has 2 rings (SSSR count). The third-order valence-corrected chi connectivity index (χ3v) is 3.66. The van der Waals surface area contributed by atoms with Crippen LogP contribution in [0.4, 0.5) is 11.4 Å². The van der Waals surface area contributed by atoms with E-state index >= 15 is 0 Å². The van der Waals surface area contributed by atoms with Gasteiger partial charge in [-0.3, -0.25) is 14.9 Å². The fourth-order valence-corrected chi connectivity index (χ4v) is 2.23. The Labute approximate surface area is 160 Å². The van der Waals surface area contributed by atoms with Crippen molar-refractivity contribution in [1.29, 1.82) is 0 Å². The van der Waals surface area contributed by atoms with Gasteiger partial charge in [-0.25, -0.2) is 4.79 Å². The molecule has 0 heterocycles. The Bertz CT molecular complexity index is 938. The van der Waals surface area contributed by atoms with E-state index in [1.54, 1.807) is 13.0 Å². The smallest absolute Gasteiger partial charge is 0.331 e. The molecule has 2 N–H and O–H groups in total. The minimum atomic E-state index is -0.734. The number of nitrogens with one attached hydrogen (secondary N) is 1. The highest BCUT2D eigenvalue weighted by Gasteiger charge is 2.11. The van der Waals surface area contributed by atoms with Crippen molar-refractivity contribution in [2.75, 3.05) is 19.0 Å². The molecule has 0 aromatic heterocycles. The molecule has 0 aliphatic carbocycles. The molecule has 28 heavy (non-hydrogen) atoms. The van der Waals surface area contributed by atoms with Crippen LogP contribution in [0.5, 0.6) is 11.5 Å². The number of phenols is 1. The zero-order valence-corrected chi connectivity index (χ0v) is 15.2. The quantitative estimate of drug-likeness (QED) is 0.324. The summed E-state index contributed by atoms with van der Waals surface area (Å²) in [6, 6.07) is 8.53. The number of anilines is 1. The SMILES string of the molecule is COc1cc(C=CC(=O)OCC(=O)Nc2ccc([N+](=O)[O-])cc2C)ccc1O. The van der Waals surface area contributed by atoms with Crippen LogP contribution in [-0.2, 0) is 14.3 Å². The van der Waals surface area contributed by atoms with Crippen molar-refractivity contribution in [1.82, 2.24) is 0 Å². The van der Waals surface area contributed by atoms with Gasteiger partial charge in [-0.05, 0) is 42.3 Å². The maximum absolute atomic E-state index is 11.9. The average Bonchev–Trinajstić information content (AvgIpc) is 2.67. The summed E-state index contributed by atoms with van der Waals surface area (Å²) in [4.78, 5) is 33.8. The molecule has 0 unspecified atom stereocenters. The molecular weight excluding hydrogens is 368 g/mol. The first-order valence-electron chi connectivity index (χ1n) is 8.07. The fourth-order valence-electron chi connectivity index (χ4n) is 2.23. The normalized spacial score (nSPS) is 10.5. The summed E-state index contributed by atoms with van der Waals surface area (Å²) < 4.78 is 9.82. The molecule has 9 heteroatoms. The van der Waals surface area contributed by atoms with Gasteiger partial charge >= 0.3 is 5.97 Å². The zero-order chi connectivity index (χ0) is 20.7. The highest BCUT2D eigenvalue weighted by Crippen LogP contribution is 2.26. The highest BCUT2D eigenvalue weighted by molar-refractivity contribution is 5.95. The molecule has 0 spiro atoms. The Hall–Kier alpha value is -3.88. The molecule has 0 saturated heterocycles. The van der Waals surface area contributed by atoms with Crippen LogP contribution in [0.25, 0.3) is 6.08 Å². The van der Waals surface area contributed by atoms with Gasteiger partial charge in [-0.15, -0.1) is 0 Å². The third-order valence-electron chi connectivity index (χ3n) is 3.66. The average molecular weight is 386 g/mol. The van der Waals surface area contributed by atoms with Crippen LogP contribution in [0.1, 0.15) is 11.1 Å². The minimum absolute atomic E-state index is 0.0274. The number of nitro benzene ring substituents is 1. The molecule has 0 saturated carbocycles. The monoisotopic (exact) mass is 386 g/mol. The topological polar surface area (TPSA) is 128 Å². The minimum Gasteiger partial charge on any atom is -0.504 e. The van der Waals surface area contributed by atoms with Gasteiger partial charge in [-0.2, -0.15) is 0 Å². The van der Waals surface area contributed by atoms with Gasteiger partial charge in [0.05, 0.1) is 12.0 Å². The number of hydrogen-bond donors (Lipinski definition) is 2. The van der Waals surface area contributed by atoms with Crippen LogP contribution in [0.15, 0.2) is 42.5 Å². The number of esters is 1. The first-order chi connectivity index (χ1) is 13.3. The van der Waals surface area contributed by atoms with Crippen molar-refractivity contribution in [2.24, 2.45) is 0 Å². The Balaban J connectivity index is 1.88. The predicted molar refractivity (Wildman–Crippen MR) is 101 cm³/mol. The van der Waals surface area contributed by atoms with Gasteiger partial charge in [0.1, 0.15) is 0 Å². The highest BCUT2D eigenvalue weighted by atomic mass is 16.6. The van der Waals surface area contributed by atoms with Crippen molar-refractivity contribution in [2.45, 2.75) is 6.92 Å². The second-order valence-corrected chi connectivity index (χ2v) is 5.68. The zero-order valence-electron chi connectivity index (χ0n) is 15.2. The van der Waals surface area contributed by atoms with E-state index in [4.69, 9.17) is 9.47 Å². The summed E-state index contributed by atoms with van der Waals surface area (Å²) in [5.41, 5.74) is 1.41. The van der Waals surface area contributed by atoms with Crippen LogP contribution in [0.3, 0.4) is 0 Å². The molecule has 146 valence electrons. The maximum Gasteiger partial charge on any atom is 0.331 e. The Morgan fingerprint density at radius 1 is 1.25 bits per heavy atom. The fraction of sp³-hybridized carbons (Fsp3) is 0.158. The predicted octanol–water partition coefficient (Wildman–Crippen LogP) is 2.81. The van der Waals surface area contributed by atoms with Crippen molar-refractivity contribution in [3.63, 3.8) is 0 Å². The summed E-state index contributed by atoms with van der Waals surface area (Å²) in [5, 5.41) is 22.8. The molecule has 2 aromatic carbocycles. The van der Waals surface area contributed by atoms with E-state index in [0.29, 0.717) is 16.8 Å². The lowest BCUT2D eigenvalue weighted by atomic mass is 10.2. The molecule has 0 fully saturated rings. The van der Waals surface area contributed by atoms with E-state index in [-0.39, 0.29) is 17.2 Å². The number of aromatic hydroxyl groups is 1. The lowest BCUT2D eigenvalue weighted by Crippen LogP contribution is -2.20. The molecule has 2 aromatic rings. The van der Waals surface area contributed by atoms with E-state index in [2.05, 4.69) is 5.32 Å². The van der Waals surface area contributed by atoms with Crippen molar-refractivity contribution >= 4 is 29.3 Å². The molecular formula is C19H18N2O7. The van der Waals surface area contributed by atoms with Crippen LogP contribution in [-0.4, -0.2) is 35.6 Å². The van der Waals surface area contributed by atoms with Gasteiger partial charge in [0.2, 0.25) is 0 Å². The summed E-state index contributed by atoms with van der Waals surface area (Å²) >= 11 is 0. The molecule has 1 amide bonds. The van der Waals surface area contributed by atoms with Crippen LogP contribution >= 0.6 is 0 Å². The van der Waals surface area contributed by atoms with E-state index in [9.17, 15) is 24.8 Å². The van der Waals surface area contributed by atoms with Crippen molar-refractivity contribution in [3.8, 4) is 11.5 Å². The Kier molecular flexibility index (Phi) is 6.69. The molecule has 0 atom stereocenters. The lowest BCUT2D eigenvalue weighted by Gasteiger charge is -2.08.